The van der Waals surface area contributed by atoms with Crippen LogP contribution in [0.3, 0.4) is 0 Å². The normalized spacial score (nSPS) is 25.3. The quantitative estimate of drug-likeness (QED) is 0.781. The lowest BCUT2D eigenvalue weighted by Crippen LogP contribution is -2.47. The molecule has 2 heteroatoms. The van der Waals surface area contributed by atoms with Crippen molar-refractivity contribution >= 4 is 0 Å². The Morgan fingerprint density at radius 1 is 1.38 bits per heavy atom. The van der Waals surface area contributed by atoms with Gasteiger partial charge in [0, 0.05) is 12.6 Å². The Hall–Kier alpha value is -0.0800. The van der Waals surface area contributed by atoms with Crippen molar-refractivity contribution in [2.45, 2.75) is 59.9 Å². The van der Waals surface area contributed by atoms with Crippen molar-refractivity contribution in [3.8, 4) is 0 Å². The minimum Gasteiger partial charge on any atom is -0.330 e. The Morgan fingerprint density at radius 2 is 2.00 bits per heavy atom. The third-order valence-electron chi connectivity index (χ3n) is 4.23. The predicted molar refractivity (Wildman–Crippen MR) is 71.5 cm³/mol. The van der Waals surface area contributed by atoms with Gasteiger partial charge >= 0.3 is 0 Å². The van der Waals surface area contributed by atoms with Crippen LogP contribution in [0.15, 0.2) is 0 Å². The molecule has 96 valence electrons. The van der Waals surface area contributed by atoms with Crippen molar-refractivity contribution in [3.63, 3.8) is 0 Å². The first kappa shape index (κ1) is 14.0. The summed E-state index contributed by atoms with van der Waals surface area (Å²) < 4.78 is 0. The molecule has 2 N–H and O–H groups in total. The zero-order valence-electron chi connectivity index (χ0n) is 11.8. The molecule has 0 radical (unpaired) electrons. The molecule has 0 aliphatic heterocycles. The van der Waals surface area contributed by atoms with E-state index in [1.54, 1.807) is 0 Å². The van der Waals surface area contributed by atoms with Crippen LogP contribution in [-0.4, -0.2) is 30.6 Å². The van der Waals surface area contributed by atoms with Crippen LogP contribution in [0.5, 0.6) is 0 Å². The lowest BCUT2D eigenvalue weighted by atomic mass is 9.84. The average molecular weight is 226 g/mol. The van der Waals surface area contributed by atoms with Crippen LogP contribution in [0.1, 0.15) is 53.9 Å². The van der Waals surface area contributed by atoms with Gasteiger partial charge < -0.3 is 5.73 Å². The Morgan fingerprint density at radius 3 is 2.38 bits per heavy atom. The Kier molecular flexibility index (Phi) is 4.42. The van der Waals surface area contributed by atoms with E-state index >= 15 is 0 Å². The number of rotatable bonds is 5. The monoisotopic (exact) mass is 226 g/mol. The highest BCUT2D eigenvalue weighted by atomic mass is 15.2. The molecule has 2 nitrogen and oxygen atoms in total. The summed E-state index contributed by atoms with van der Waals surface area (Å²) in [5.74, 6) is 0. The zero-order chi connectivity index (χ0) is 12.4. The SMILES string of the molecule is CCN(CC(C)(C)CN)C1CCCC1(C)C. The molecule has 1 fully saturated rings. The van der Waals surface area contributed by atoms with Gasteiger partial charge in [0.15, 0.2) is 0 Å². The molecule has 1 aliphatic rings. The second-order valence-corrected chi connectivity index (χ2v) is 6.83. The Bertz CT molecular complexity index is 221. The molecule has 0 aromatic heterocycles. The molecule has 0 heterocycles. The molecule has 0 aromatic carbocycles. The van der Waals surface area contributed by atoms with Crippen LogP contribution in [-0.2, 0) is 0 Å². The summed E-state index contributed by atoms with van der Waals surface area (Å²) in [7, 11) is 0. The van der Waals surface area contributed by atoms with Crippen LogP contribution < -0.4 is 5.73 Å². The first-order valence-electron chi connectivity index (χ1n) is 6.76. The fourth-order valence-corrected chi connectivity index (χ4v) is 3.04. The van der Waals surface area contributed by atoms with E-state index in [-0.39, 0.29) is 5.41 Å². The highest BCUT2D eigenvalue weighted by Crippen LogP contribution is 2.41. The minimum atomic E-state index is 0.245. The molecule has 0 bridgehead atoms. The van der Waals surface area contributed by atoms with E-state index in [2.05, 4.69) is 39.5 Å². The van der Waals surface area contributed by atoms with E-state index in [0.29, 0.717) is 5.41 Å². The molecule has 0 saturated heterocycles. The lowest BCUT2D eigenvalue weighted by molar-refractivity contribution is 0.0804. The van der Waals surface area contributed by atoms with Crippen molar-refractivity contribution in [3.05, 3.63) is 0 Å². The van der Waals surface area contributed by atoms with E-state index in [1.165, 1.54) is 19.3 Å². The molecule has 0 amide bonds. The minimum absolute atomic E-state index is 0.245. The van der Waals surface area contributed by atoms with Gasteiger partial charge in [-0.1, -0.05) is 41.0 Å². The number of nitrogens with two attached hydrogens (primary N) is 1. The molecule has 0 spiro atoms. The van der Waals surface area contributed by atoms with Gasteiger partial charge in [-0.25, -0.2) is 0 Å². The van der Waals surface area contributed by atoms with Gasteiger partial charge in [0.05, 0.1) is 0 Å². The third kappa shape index (κ3) is 3.21. The topological polar surface area (TPSA) is 29.3 Å². The van der Waals surface area contributed by atoms with Gasteiger partial charge in [-0.15, -0.1) is 0 Å². The number of hydrogen-bond acceptors (Lipinski definition) is 2. The van der Waals surface area contributed by atoms with Crippen LogP contribution in [0.4, 0.5) is 0 Å². The van der Waals surface area contributed by atoms with Crippen molar-refractivity contribution < 1.29 is 0 Å². The fourth-order valence-electron chi connectivity index (χ4n) is 3.04. The maximum atomic E-state index is 5.85. The van der Waals surface area contributed by atoms with Crippen LogP contribution >= 0.6 is 0 Å². The third-order valence-corrected chi connectivity index (χ3v) is 4.23. The molecular weight excluding hydrogens is 196 g/mol. The molecular formula is C14H30N2. The average Bonchev–Trinajstić information content (AvgIpc) is 2.55. The van der Waals surface area contributed by atoms with E-state index in [9.17, 15) is 0 Å². The van der Waals surface area contributed by atoms with E-state index in [4.69, 9.17) is 5.73 Å². The van der Waals surface area contributed by atoms with E-state index in [0.717, 1.165) is 25.7 Å². The summed E-state index contributed by atoms with van der Waals surface area (Å²) in [6.07, 6.45) is 4.12. The highest BCUT2D eigenvalue weighted by molar-refractivity contribution is 4.93. The second kappa shape index (κ2) is 5.05. The number of hydrogen-bond donors (Lipinski definition) is 1. The fraction of sp³-hybridized carbons (Fsp3) is 1.00. The van der Waals surface area contributed by atoms with Gasteiger partial charge in [-0.3, -0.25) is 4.90 Å². The van der Waals surface area contributed by atoms with Crippen molar-refractivity contribution in [1.29, 1.82) is 0 Å². The maximum absolute atomic E-state index is 5.85. The highest BCUT2D eigenvalue weighted by Gasteiger charge is 2.38. The molecule has 1 rings (SSSR count). The first-order chi connectivity index (χ1) is 7.32. The largest absolute Gasteiger partial charge is 0.330 e. The van der Waals surface area contributed by atoms with E-state index < -0.39 is 0 Å². The Labute approximate surface area is 102 Å². The summed E-state index contributed by atoms with van der Waals surface area (Å²) in [5.41, 5.74) is 6.58. The summed E-state index contributed by atoms with van der Waals surface area (Å²) in [6.45, 7) is 14.7. The molecule has 1 aliphatic carbocycles. The van der Waals surface area contributed by atoms with Gasteiger partial charge in [0.1, 0.15) is 0 Å². The van der Waals surface area contributed by atoms with Crippen LogP contribution in [0.2, 0.25) is 0 Å². The molecule has 1 unspecified atom stereocenters. The van der Waals surface area contributed by atoms with Crippen LogP contribution in [0, 0.1) is 10.8 Å². The summed E-state index contributed by atoms with van der Waals surface area (Å²) in [6, 6.07) is 0.753. The molecule has 16 heavy (non-hydrogen) atoms. The zero-order valence-corrected chi connectivity index (χ0v) is 11.8. The second-order valence-electron chi connectivity index (χ2n) is 6.83. The first-order valence-corrected chi connectivity index (χ1v) is 6.76. The van der Waals surface area contributed by atoms with E-state index in [1.807, 2.05) is 0 Å². The molecule has 1 atom stereocenters. The number of nitrogens with zero attached hydrogens (tertiary/aromatic N) is 1. The van der Waals surface area contributed by atoms with Gasteiger partial charge in [0.25, 0.3) is 0 Å². The van der Waals surface area contributed by atoms with Crippen LogP contribution in [0.25, 0.3) is 0 Å². The van der Waals surface area contributed by atoms with Gasteiger partial charge in [-0.2, -0.15) is 0 Å². The lowest BCUT2D eigenvalue weighted by Gasteiger charge is -2.41. The van der Waals surface area contributed by atoms with Crippen molar-refractivity contribution in [2.24, 2.45) is 16.6 Å². The smallest absolute Gasteiger partial charge is 0.0146 e. The molecule has 1 saturated carbocycles. The van der Waals surface area contributed by atoms with Gasteiger partial charge in [-0.05, 0) is 36.8 Å². The van der Waals surface area contributed by atoms with Crippen molar-refractivity contribution in [2.75, 3.05) is 19.6 Å². The van der Waals surface area contributed by atoms with Gasteiger partial charge in [0.2, 0.25) is 0 Å². The summed E-state index contributed by atoms with van der Waals surface area (Å²) >= 11 is 0. The molecule has 0 aromatic rings. The van der Waals surface area contributed by atoms with Crippen molar-refractivity contribution in [1.82, 2.24) is 4.90 Å². The Balaban J connectivity index is 2.68. The maximum Gasteiger partial charge on any atom is 0.0146 e. The summed E-state index contributed by atoms with van der Waals surface area (Å²) in [4.78, 5) is 2.65. The standard InChI is InChI=1S/C14H30N2/c1-6-16(11-13(2,3)10-15)12-8-7-9-14(12,4)5/h12H,6-11,15H2,1-5H3. The summed E-state index contributed by atoms with van der Waals surface area (Å²) in [5, 5.41) is 0. The predicted octanol–water partition coefficient (Wildman–Crippen LogP) is 2.87.